The standard InChI is InChI=1S/C19H24N2O2/c1-21(2)15-19(22)20-17-10-12-18(13-11-17)23-14-6-9-16-7-4-3-5-8-16/h3-5,7-8,10-13H,6,9,14-15H2,1-2H3,(H,20,22). The van der Waals surface area contributed by atoms with Crippen molar-refractivity contribution in [2.45, 2.75) is 12.8 Å². The SMILES string of the molecule is CN(C)CC(=O)Nc1ccc(OCCCc2ccccc2)cc1. The average Bonchev–Trinajstić information content (AvgIpc) is 2.53. The minimum atomic E-state index is -0.0217. The van der Waals surface area contributed by atoms with Gasteiger partial charge in [-0.2, -0.15) is 0 Å². The normalized spacial score (nSPS) is 10.6. The summed E-state index contributed by atoms with van der Waals surface area (Å²) in [6, 6.07) is 17.9. The Morgan fingerprint density at radius 3 is 2.39 bits per heavy atom. The molecule has 0 bridgehead atoms. The molecule has 2 rings (SSSR count). The Bertz CT molecular complexity index is 595. The monoisotopic (exact) mass is 312 g/mol. The number of carbonyl (C=O) groups is 1. The lowest BCUT2D eigenvalue weighted by molar-refractivity contribution is -0.116. The first-order valence-corrected chi connectivity index (χ1v) is 7.85. The Labute approximate surface area is 138 Å². The highest BCUT2D eigenvalue weighted by Crippen LogP contribution is 2.16. The second-order valence-electron chi connectivity index (χ2n) is 5.75. The predicted molar refractivity (Wildman–Crippen MR) is 93.9 cm³/mol. The highest BCUT2D eigenvalue weighted by molar-refractivity contribution is 5.92. The summed E-state index contributed by atoms with van der Waals surface area (Å²) in [5.41, 5.74) is 2.11. The van der Waals surface area contributed by atoms with Crippen LogP contribution in [-0.2, 0) is 11.2 Å². The Hall–Kier alpha value is -2.33. The van der Waals surface area contributed by atoms with Crippen molar-refractivity contribution in [3.63, 3.8) is 0 Å². The van der Waals surface area contributed by atoms with Crippen molar-refractivity contribution >= 4 is 11.6 Å². The quantitative estimate of drug-likeness (QED) is 0.761. The Morgan fingerprint density at radius 2 is 1.74 bits per heavy atom. The number of amides is 1. The maximum atomic E-state index is 11.7. The van der Waals surface area contributed by atoms with Gasteiger partial charge in [-0.3, -0.25) is 4.79 Å². The third-order valence-electron chi connectivity index (χ3n) is 3.32. The molecule has 4 nitrogen and oxygen atoms in total. The number of nitrogens with one attached hydrogen (secondary N) is 1. The maximum Gasteiger partial charge on any atom is 0.238 e. The first-order valence-electron chi connectivity index (χ1n) is 7.85. The summed E-state index contributed by atoms with van der Waals surface area (Å²) in [4.78, 5) is 13.5. The van der Waals surface area contributed by atoms with E-state index in [1.54, 1.807) is 0 Å². The molecule has 0 spiro atoms. The van der Waals surface area contributed by atoms with Gasteiger partial charge >= 0.3 is 0 Å². The van der Waals surface area contributed by atoms with Crippen molar-refractivity contribution in [3.05, 3.63) is 60.2 Å². The molecule has 122 valence electrons. The molecule has 0 aliphatic carbocycles. The van der Waals surface area contributed by atoms with E-state index in [-0.39, 0.29) is 5.91 Å². The molecule has 0 aliphatic rings. The van der Waals surface area contributed by atoms with Crippen LogP contribution >= 0.6 is 0 Å². The van der Waals surface area contributed by atoms with Crippen LogP contribution in [0.4, 0.5) is 5.69 Å². The minimum Gasteiger partial charge on any atom is -0.494 e. The zero-order valence-electron chi connectivity index (χ0n) is 13.8. The van der Waals surface area contributed by atoms with Crippen molar-refractivity contribution in [3.8, 4) is 5.75 Å². The number of likely N-dealkylation sites (N-methyl/N-ethyl adjacent to an activating group) is 1. The lowest BCUT2D eigenvalue weighted by atomic mass is 10.1. The first-order chi connectivity index (χ1) is 11.1. The lowest BCUT2D eigenvalue weighted by Gasteiger charge is -2.11. The van der Waals surface area contributed by atoms with Gasteiger partial charge in [-0.25, -0.2) is 0 Å². The van der Waals surface area contributed by atoms with Gasteiger partial charge in [0.15, 0.2) is 0 Å². The topological polar surface area (TPSA) is 41.6 Å². The van der Waals surface area contributed by atoms with E-state index in [4.69, 9.17) is 4.74 Å². The maximum absolute atomic E-state index is 11.7. The Kier molecular flexibility index (Phi) is 6.63. The van der Waals surface area contributed by atoms with E-state index in [1.807, 2.05) is 49.3 Å². The largest absolute Gasteiger partial charge is 0.494 e. The molecule has 2 aromatic carbocycles. The number of aryl methyl sites for hydroxylation is 1. The molecule has 0 radical (unpaired) electrons. The van der Waals surface area contributed by atoms with Crippen LogP contribution in [0.2, 0.25) is 0 Å². The summed E-state index contributed by atoms with van der Waals surface area (Å²) in [6.07, 6.45) is 1.99. The van der Waals surface area contributed by atoms with Crippen molar-refractivity contribution in [1.82, 2.24) is 4.90 Å². The molecule has 2 aromatic rings. The van der Waals surface area contributed by atoms with E-state index >= 15 is 0 Å². The number of hydrogen-bond acceptors (Lipinski definition) is 3. The van der Waals surface area contributed by atoms with Crippen LogP contribution < -0.4 is 10.1 Å². The minimum absolute atomic E-state index is 0.0217. The van der Waals surface area contributed by atoms with Gasteiger partial charge in [-0.05, 0) is 56.8 Å². The van der Waals surface area contributed by atoms with Crippen molar-refractivity contribution < 1.29 is 9.53 Å². The van der Waals surface area contributed by atoms with Crippen LogP contribution in [0.25, 0.3) is 0 Å². The number of benzene rings is 2. The number of hydrogen-bond donors (Lipinski definition) is 1. The van der Waals surface area contributed by atoms with Crippen LogP contribution in [0, 0.1) is 0 Å². The van der Waals surface area contributed by atoms with Gasteiger partial charge in [0.2, 0.25) is 5.91 Å². The van der Waals surface area contributed by atoms with Gasteiger partial charge < -0.3 is 15.0 Å². The van der Waals surface area contributed by atoms with Gasteiger partial charge in [0.05, 0.1) is 13.2 Å². The van der Waals surface area contributed by atoms with Crippen molar-refractivity contribution in [2.75, 3.05) is 32.6 Å². The molecule has 4 heteroatoms. The van der Waals surface area contributed by atoms with Crippen molar-refractivity contribution in [2.24, 2.45) is 0 Å². The van der Waals surface area contributed by atoms with Crippen LogP contribution in [-0.4, -0.2) is 38.1 Å². The summed E-state index contributed by atoms with van der Waals surface area (Å²) >= 11 is 0. The number of ether oxygens (including phenoxy) is 1. The highest BCUT2D eigenvalue weighted by Gasteiger charge is 2.03. The predicted octanol–water partition coefficient (Wildman–Crippen LogP) is 3.20. The number of anilines is 1. The number of carbonyl (C=O) groups excluding carboxylic acids is 1. The third-order valence-corrected chi connectivity index (χ3v) is 3.32. The highest BCUT2D eigenvalue weighted by atomic mass is 16.5. The molecule has 0 saturated carbocycles. The van der Waals surface area contributed by atoms with E-state index in [2.05, 4.69) is 29.6 Å². The van der Waals surface area contributed by atoms with E-state index in [9.17, 15) is 4.79 Å². The Morgan fingerprint density at radius 1 is 1.04 bits per heavy atom. The van der Waals surface area contributed by atoms with Gasteiger partial charge in [0.25, 0.3) is 0 Å². The zero-order valence-corrected chi connectivity index (χ0v) is 13.8. The molecule has 0 unspecified atom stereocenters. The van der Waals surface area contributed by atoms with Gasteiger partial charge in [-0.1, -0.05) is 30.3 Å². The third kappa shape index (κ3) is 6.53. The summed E-state index contributed by atoms with van der Waals surface area (Å²) < 4.78 is 5.73. The molecule has 0 aliphatic heterocycles. The summed E-state index contributed by atoms with van der Waals surface area (Å²) in [6.45, 7) is 1.05. The summed E-state index contributed by atoms with van der Waals surface area (Å²) in [7, 11) is 3.73. The molecule has 0 atom stereocenters. The molecular weight excluding hydrogens is 288 g/mol. The average molecular weight is 312 g/mol. The molecule has 0 aromatic heterocycles. The molecule has 0 saturated heterocycles. The molecular formula is C19H24N2O2. The van der Waals surface area contributed by atoms with E-state index in [1.165, 1.54) is 5.56 Å². The van der Waals surface area contributed by atoms with Gasteiger partial charge in [0, 0.05) is 5.69 Å². The first kappa shape index (κ1) is 17.0. The zero-order chi connectivity index (χ0) is 16.5. The van der Waals surface area contributed by atoms with Crippen LogP contribution in [0.1, 0.15) is 12.0 Å². The van der Waals surface area contributed by atoms with Crippen LogP contribution in [0.15, 0.2) is 54.6 Å². The van der Waals surface area contributed by atoms with Gasteiger partial charge in [0.1, 0.15) is 5.75 Å². The van der Waals surface area contributed by atoms with Crippen LogP contribution in [0.3, 0.4) is 0 Å². The Balaban J connectivity index is 1.71. The molecule has 1 N–H and O–H groups in total. The second kappa shape index (κ2) is 8.96. The molecule has 0 fully saturated rings. The lowest BCUT2D eigenvalue weighted by Crippen LogP contribution is -2.27. The van der Waals surface area contributed by atoms with Gasteiger partial charge in [-0.15, -0.1) is 0 Å². The molecule has 23 heavy (non-hydrogen) atoms. The summed E-state index contributed by atoms with van der Waals surface area (Å²) in [5.74, 6) is 0.801. The fourth-order valence-corrected chi connectivity index (χ4v) is 2.23. The fourth-order valence-electron chi connectivity index (χ4n) is 2.23. The summed E-state index contributed by atoms with van der Waals surface area (Å²) in [5, 5.41) is 2.85. The molecule has 0 heterocycles. The van der Waals surface area contributed by atoms with Crippen molar-refractivity contribution in [1.29, 1.82) is 0 Å². The fraction of sp³-hybridized carbons (Fsp3) is 0.316. The number of nitrogens with zero attached hydrogens (tertiary/aromatic N) is 1. The van der Waals surface area contributed by atoms with E-state index in [0.717, 1.165) is 24.3 Å². The number of rotatable bonds is 8. The van der Waals surface area contributed by atoms with E-state index in [0.29, 0.717) is 13.2 Å². The second-order valence-corrected chi connectivity index (χ2v) is 5.75. The van der Waals surface area contributed by atoms with E-state index < -0.39 is 0 Å². The molecule has 1 amide bonds. The smallest absolute Gasteiger partial charge is 0.238 e. The van der Waals surface area contributed by atoms with Crippen LogP contribution in [0.5, 0.6) is 5.75 Å².